The van der Waals surface area contributed by atoms with Crippen molar-refractivity contribution in [2.45, 2.75) is 38.5 Å². The Kier molecular flexibility index (Phi) is 6.52. The van der Waals surface area contributed by atoms with Crippen molar-refractivity contribution in [3.8, 4) is 11.5 Å². The second-order valence-electron chi connectivity index (χ2n) is 5.53. The first kappa shape index (κ1) is 16.6. The molecule has 5 nitrogen and oxygen atoms in total. The molecule has 1 aliphatic heterocycles. The highest BCUT2D eigenvalue weighted by molar-refractivity contribution is 5.66. The number of ether oxygens (including phenoxy) is 2. The van der Waals surface area contributed by atoms with Gasteiger partial charge in [-0.1, -0.05) is 6.07 Å². The molecular formula is C17H25NO4. The van der Waals surface area contributed by atoms with Crippen molar-refractivity contribution in [3.63, 3.8) is 0 Å². The molecule has 2 rings (SSSR count). The first-order valence-corrected chi connectivity index (χ1v) is 8.02. The molecule has 1 aromatic rings. The van der Waals surface area contributed by atoms with Gasteiger partial charge in [0.15, 0.2) is 11.5 Å². The van der Waals surface area contributed by atoms with E-state index in [1.165, 1.54) is 18.4 Å². The van der Waals surface area contributed by atoms with Gasteiger partial charge in [0.05, 0.1) is 13.2 Å². The quantitative estimate of drug-likeness (QED) is 0.723. The molecule has 1 aliphatic rings. The van der Waals surface area contributed by atoms with Crippen LogP contribution in [0.5, 0.6) is 11.5 Å². The highest BCUT2D eigenvalue weighted by atomic mass is 16.5. The van der Waals surface area contributed by atoms with E-state index in [0.717, 1.165) is 18.8 Å². The lowest BCUT2D eigenvalue weighted by Gasteiger charge is -2.24. The molecule has 1 atom stereocenters. The van der Waals surface area contributed by atoms with Crippen molar-refractivity contribution < 1.29 is 19.4 Å². The summed E-state index contributed by atoms with van der Waals surface area (Å²) in [6, 6.07) is 6.09. The number of aliphatic carboxylic acids is 1. The van der Waals surface area contributed by atoms with Crippen LogP contribution >= 0.6 is 0 Å². The smallest absolute Gasteiger partial charge is 0.303 e. The van der Waals surface area contributed by atoms with Crippen LogP contribution < -0.4 is 14.8 Å². The Labute approximate surface area is 131 Å². The van der Waals surface area contributed by atoms with E-state index < -0.39 is 5.97 Å². The molecule has 2 N–H and O–H groups in total. The van der Waals surface area contributed by atoms with Crippen LogP contribution in [0.3, 0.4) is 0 Å². The minimum Gasteiger partial charge on any atom is -0.490 e. The van der Waals surface area contributed by atoms with E-state index in [-0.39, 0.29) is 6.42 Å². The van der Waals surface area contributed by atoms with Crippen molar-refractivity contribution in [1.29, 1.82) is 0 Å². The second kappa shape index (κ2) is 8.63. The van der Waals surface area contributed by atoms with Crippen molar-refractivity contribution in [2.75, 3.05) is 26.3 Å². The van der Waals surface area contributed by atoms with E-state index in [4.69, 9.17) is 14.6 Å². The van der Waals surface area contributed by atoms with E-state index in [2.05, 4.69) is 17.4 Å². The van der Waals surface area contributed by atoms with Gasteiger partial charge in [-0.3, -0.25) is 4.79 Å². The Bertz CT molecular complexity index is 484. The lowest BCUT2D eigenvalue weighted by molar-refractivity contribution is -0.137. The number of hydrogen-bond acceptors (Lipinski definition) is 4. The highest BCUT2D eigenvalue weighted by Crippen LogP contribution is 2.33. The van der Waals surface area contributed by atoms with Crippen molar-refractivity contribution >= 4 is 5.97 Å². The summed E-state index contributed by atoms with van der Waals surface area (Å²) in [6.45, 7) is 5.02. The fraction of sp³-hybridized carbons (Fsp3) is 0.588. The number of carboxylic acid groups (broad SMARTS) is 1. The zero-order valence-electron chi connectivity index (χ0n) is 13.1. The third-order valence-electron chi connectivity index (χ3n) is 3.83. The molecule has 0 saturated carbocycles. The van der Waals surface area contributed by atoms with Crippen LogP contribution in [-0.2, 0) is 4.79 Å². The molecule has 22 heavy (non-hydrogen) atoms. The predicted octanol–water partition coefficient (Wildman–Crippen LogP) is 2.80. The number of hydrogen-bond donors (Lipinski definition) is 2. The molecule has 0 spiro atoms. The predicted molar refractivity (Wildman–Crippen MR) is 84.8 cm³/mol. The Hall–Kier alpha value is -1.75. The molecule has 122 valence electrons. The van der Waals surface area contributed by atoms with Crippen molar-refractivity contribution in [2.24, 2.45) is 0 Å². The van der Waals surface area contributed by atoms with E-state index in [0.29, 0.717) is 31.3 Å². The first-order valence-electron chi connectivity index (χ1n) is 8.02. The maximum atomic E-state index is 10.5. The van der Waals surface area contributed by atoms with Crippen LogP contribution in [0.25, 0.3) is 0 Å². The Morgan fingerprint density at radius 1 is 1.36 bits per heavy atom. The topological polar surface area (TPSA) is 67.8 Å². The summed E-state index contributed by atoms with van der Waals surface area (Å²) in [6.07, 6.45) is 3.00. The maximum absolute atomic E-state index is 10.5. The minimum absolute atomic E-state index is 0.121. The minimum atomic E-state index is -0.797. The summed E-state index contributed by atoms with van der Waals surface area (Å²) in [5.41, 5.74) is 1.27. The van der Waals surface area contributed by atoms with Crippen molar-refractivity contribution in [1.82, 2.24) is 5.32 Å². The molecule has 0 bridgehead atoms. The van der Waals surface area contributed by atoms with E-state index in [1.807, 2.05) is 13.0 Å². The summed E-state index contributed by atoms with van der Waals surface area (Å²) < 4.78 is 11.4. The first-order chi connectivity index (χ1) is 10.7. The maximum Gasteiger partial charge on any atom is 0.303 e. The lowest BCUT2D eigenvalue weighted by atomic mass is 9.91. The van der Waals surface area contributed by atoms with E-state index in [9.17, 15) is 4.79 Å². The number of carbonyl (C=O) groups is 1. The standard InChI is InChI=1S/C17H25NO4/c1-2-21-16-11-13(14-5-3-9-18-12-14)7-8-15(16)22-10-4-6-17(19)20/h7-8,11,14,18H,2-6,9-10,12H2,1H3,(H,19,20). The monoisotopic (exact) mass is 307 g/mol. The van der Waals surface area contributed by atoms with Crippen LogP contribution in [0.15, 0.2) is 18.2 Å². The molecule has 1 saturated heterocycles. The summed E-state index contributed by atoms with van der Waals surface area (Å²) >= 11 is 0. The van der Waals surface area contributed by atoms with Gasteiger partial charge >= 0.3 is 5.97 Å². The van der Waals surface area contributed by atoms with Crippen LogP contribution in [0, 0.1) is 0 Å². The number of rotatable bonds is 8. The lowest BCUT2D eigenvalue weighted by Crippen LogP contribution is -2.28. The highest BCUT2D eigenvalue weighted by Gasteiger charge is 2.17. The number of carboxylic acids is 1. The van der Waals surface area contributed by atoms with Gasteiger partial charge in [-0.05, 0) is 56.3 Å². The third kappa shape index (κ3) is 4.91. The Morgan fingerprint density at radius 2 is 2.23 bits per heavy atom. The number of nitrogens with one attached hydrogen (secondary N) is 1. The SMILES string of the molecule is CCOc1cc(C2CCCNC2)ccc1OCCCC(=O)O. The van der Waals surface area contributed by atoms with Gasteiger partial charge in [0, 0.05) is 13.0 Å². The molecule has 0 aromatic heterocycles. The molecule has 0 radical (unpaired) electrons. The molecule has 5 heteroatoms. The fourth-order valence-electron chi connectivity index (χ4n) is 2.71. The fourth-order valence-corrected chi connectivity index (χ4v) is 2.71. The van der Waals surface area contributed by atoms with Gasteiger partial charge in [0.25, 0.3) is 0 Å². The Balaban J connectivity index is 2.00. The van der Waals surface area contributed by atoms with Gasteiger partial charge in [0.2, 0.25) is 0 Å². The van der Waals surface area contributed by atoms with Crippen LogP contribution in [0.2, 0.25) is 0 Å². The summed E-state index contributed by atoms with van der Waals surface area (Å²) in [5.74, 6) is 1.17. The molecule has 1 aromatic carbocycles. The van der Waals surface area contributed by atoms with E-state index >= 15 is 0 Å². The van der Waals surface area contributed by atoms with Gasteiger partial charge in [-0.15, -0.1) is 0 Å². The molecule has 1 heterocycles. The van der Waals surface area contributed by atoms with Gasteiger partial charge in [-0.2, -0.15) is 0 Å². The molecule has 0 amide bonds. The van der Waals surface area contributed by atoms with Crippen LogP contribution in [0.1, 0.15) is 44.1 Å². The number of piperidine rings is 1. The molecule has 1 unspecified atom stereocenters. The third-order valence-corrected chi connectivity index (χ3v) is 3.83. The van der Waals surface area contributed by atoms with Crippen LogP contribution in [0.4, 0.5) is 0 Å². The van der Waals surface area contributed by atoms with Crippen LogP contribution in [-0.4, -0.2) is 37.4 Å². The average molecular weight is 307 g/mol. The zero-order valence-corrected chi connectivity index (χ0v) is 13.1. The molecular weight excluding hydrogens is 282 g/mol. The van der Waals surface area contributed by atoms with Gasteiger partial charge in [-0.25, -0.2) is 0 Å². The summed E-state index contributed by atoms with van der Waals surface area (Å²) in [4.78, 5) is 10.5. The van der Waals surface area contributed by atoms with Crippen molar-refractivity contribution in [3.05, 3.63) is 23.8 Å². The zero-order chi connectivity index (χ0) is 15.8. The second-order valence-corrected chi connectivity index (χ2v) is 5.53. The average Bonchev–Trinajstić information content (AvgIpc) is 2.53. The number of benzene rings is 1. The molecule has 1 fully saturated rings. The molecule has 0 aliphatic carbocycles. The summed E-state index contributed by atoms with van der Waals surface area (Å²) in [5, 5.41) is 12.1. The Morgan fingerprint density at radius 3 is 2.91 bits per heavy atom. The van der Waals surface area contributed by atoms with E-state index in [1.54, 1.807) is 0 Å². The normalized spacial score (nSPS) is 18.0. The summed E-state index contributed by atoms with van der Waals surface area (Å²) in [7, 11) is 0. The van der Waals surface area contributed by atoms with Gasteiger partial charge < -0.3 is 19.9 Å². The van der Waals surface area contributed by atoms with Gasteiger partial charge in [0.1, 0.15) is 0 Å². The largest absolute Gasteiger partial charge is 0.490 e.